The molecule has 1 aliphatic rings. The van der Waals surface area contributed by atoms with Crippen LogP contribution in [-0.4, -0.2) is 43.0 Å². The number of anilines is 1. The van der Waals surface area contributed by atoms with Crippen molar-refractivity contribution in [1.82, 2.24) is 15.5 Å². The normalized spacial score (nSPS) is 18.0. The molecule has 4 rings (SSSR count). The Bertz CT molecular complexity index is 812. The molecule has 3 aromatic rings. The Balaban J connectivity index is 1.57. The minimum absolute atomic E-state index is 0.441. The third-order valence-corrected chi connectivity index (χ3v) is 4.74. The van der Waals surface area contributed by atoms with Gasteiger partial charge < -0.3 is 15.0 Å². The molecule has 24 heavy (non-hydrogen) atoms. The van der Waals surface area contributed by atoms with Crippen LogP contribution < -0.4 is 15.0 Å². The molecule has 2 N–H and O–H groups in total. The van der Waals surface area contributed by atoms with Gasteiger partial charge in [0.25, 0.3) is 0 Å². The predicted molar refractivity (Wildman–Crippen MR) is 96.8 cm³/mol. The quantitative estimate of drug-likeness (QED) is 0.775. The van der Waals surface area contributed by atoms with Crippen molar-refractivity contribution in [1.29, 1.82) is 0 Å². The van der Waals surface area contributed by atoms with Crippen molar-refractivity contribution in [2.45, 2.75) is 12.5 Å². The van der Waals surface area contributed by atoms with E-state index in [1.165, 1.54) is 11.3 Å². The number of nitrogens with one attached hydrogen (secondary N) is 2. The highest BCUT2D eigenvalue weighted by Gasteiger charge is 2.23. The van der Waals surface area contributed by atoms with Gasteiger partial charge in [-0.1, -0.05) is 12.1 Å². The standard InChI is InChI=1S/C19H22N4O/c1-24-18-5-2-14(3-6-18)10-17-13-20-8-9-23(17)16-4-7-19-15(11-16)12-21-22-19/h2-7,11-12,17,20H,8-10,13H2,1H3,(H,21,22)/t17-/m1/s1. The van der Waals surface area contributed by atoms with E-state index in [2.05, 4.69) is 50.7 Å². The highest BCUT2D eigenvalue weighted by atomic mass is 16.5. The zero-order valence-electron chi connectivity index (χ0n) is 13.8. The van der Waals surface area contributed by atoms with E-state index >= 15 is 0 Å². The van der Waals surface area contributed by atoms with E-state index in [4.69, 9.17) is 4.74 Å². The Kier molecular flexibility index (Phi) is 4.09. The Hall–Kier alpha value is -2.53. The molecular formula is C19H22N4O. The summed E-state index contributed by atoms with van der Waals surface area (Å²) >= 11 is 0. The second kappa shape index (κ2) is 6.53. The van der Waals surface area contributed by atoms with Crippen LogP contribution in [0.2, 0.25) is 0 Å². The van der Waals surface area contributed by atoms with Gasteiger partial charge in [0.1, 0.15) is 5.75 Å². The van der Waals surface area contributed by atoms with Crippen molar-refractivity contribution in [2.24, 2.45) is 0 Å². The van der Waals surface area contributed by atoms with Gasteiger partial charge in [0.15, 0.2) is 0 Å². The van der Waals surface area contributed by atoms with E-state index in [1.807, 2.05) is 18.3 Å². The maximum atomic E-state index is 5.25. The number of hydrogen-bond donors (Lipinski definition) is 2. The van der Waals surface area contributed by atoms with E-state index in [1.54, 1.807) is 7.11 Å². The van der Waals surface area contributed by atoms with E-state index in [9.17, 15) is 0 Å². The molecule has 1 atom stereocenters. The van der Waals surface area contributed by atoms with Crippen molar-refractivity contribution in [3.05, 3.63) is 54.2 Å². The first kappa shape index (κ1) is 15.0. The lowest BCUT2D eigenvalue weighted by Gasteiger charge is -2.38. The average molecular weight is 322 g/mol. The average Bonchev–Trinajstić information content (AvgIpc) is 3.10. The molecule has 0 spiro atoms. The number of benzene rings is 2. The number of rotatable bonds is 4. The highest BCUT2D eigenvalue weighted by molar-refractivity contribution is 5.82. The van der Waals surface area contributed by atoms with E-state index in [-0.39, 0.29) is 0 Å². The molecule has 124 valence electrons. The topological polar surface area (TPSA) is 53.2 Å². The van der Waals surface area contributed by atoms with Gasteiger partial charge in [0.05, 0.1) is 18.8 Å². The lowest BCUT2D eigenvalue weighted by molar-refractivity contribution is 0.414. The van der Waals surface area contributed by atoms with Crippen molar-refractivity contribution in [2.75, 3.05) is 31.6 Å². The van der Waals surface area contributed by atoms with Crippen LogP contribution in [0.1, 0.15) is 5.56 Å². The van der Waals surface area contributed by atoms with Crippen molar-refractivity contribution >= 4 is 16.6 Å². The number of hydrogen-bond acceptors (Lipinski definition) is 4. The molecule has 0 unspecified atom stereocenters. The van der Waals surface area contributed by atoms with Gasteiger partial charge in [-0.15, -0.1) is 0 Å². The molecule has 2 heterocycles. The minimum Gasteiger partial charge on any atom is -0.497 e. The molecular weight excluding hydrogens is 300 g/mol. The van der Waals surface area contributed by atoms with Crippen LogP contribution in [0.5, 0.6) is 5.75 Å². The predicted octanol–water partition coefficient (Wildman–Crippen LogP) is 2.59. The summed E-state index contributed by atoms with van der Waals surface area (Å²) in [6.45, 7) is 3.03. The summed E-state index contributed by atoms with van der Waals surface area (Å²) in [5, 5.41) is 11.8. The maximum Gasteiger partial charge on any atom is 0.118 e. The van der Waals surface area contributed by atoms with Gasteiger partial charge in [-0.05, 0) is 42.3 Å². The third kappa shape index (κ3) is 2.95. The van der Waals surface area contributed by atoms with Gasteiger partial charge >= 0.3 is 0 Å². The van der Waals surface area contributed by atoms with Crippen LogP contribution in [0.15, 0.2) is 48.7 Å². The Labute approximate surface area is 141 Å². The second-order valence-corrected chi connectivity index (χ2v) is 6.25. The van der Waals surface area contributed by atoms with Crippen molar-refractivity contribution in [3.8, 4) is 5.75 Å². The fourth-order valence-corrected chi connectivity index (χ4v) is 3.43. The summed E-state index contributed by atoms with van der Waals surface area (Å²) in [5.74, 6) is 0.905. The van der Waals surface area contributed by atoms with Gasteiger partial charge in [-0.3, -0.25) is 5.10 Å². The maximum absolute atomic E-state index is 5.25. The molecule has 0 amide bonds. The van der Waals surface area contributed by atoms with E-state index in [0.29, 0.717) is 6.04 Å². The first-order valence-electron chi connectivity index (χ1n) is 8.37. The van der Waals surface area contributed by atoms with Crippen LogP contribution in [-0.2, 0) is 6.42 Å². The number of fused-ring (bicyclic) bond motifs is 1. The van der Waals surface area contributed by atoms with Crippen LogP contribution >= 0.6 is 0 Å². The molecule has 5 heteroatoms. The number of aromatic amines is 1. The molecule has 1 aliphatic heterocycles. The van der Waals surface area contributed by atoms with Gasteiger partial charge in [0, 0.05) is 36.7 Å². The highest BCUT2D eigenvalue weighted by Crippen LogP contribution is 2.25. The molecule has 1 saturated heterocycles. The molecule has 1 fully saturated rings. The smallest absolute Gasteiger partial charge is 0.118 e. The molecule has 2 aromatic carbocycles. The summed E-state index contributed by atoms with van der Waals surface area (Å²) in [4.78, 5) is 2.51. The summed E-state index contributed by atoms with van der Waals surface area (Å²) in [6, 6.07) is 15.4. The monoisotopic (exact) mass is 322 g/mol. The minimum atomic E-state index is 0.441. The molecule has 1 aromatic heterocycles. The van der Waals surface area contributed by atoms with Gasteiger partial charge in [-0.25, -0.2) is 0 Å². The number of nitrogens with zero attached hydrogens (tertiary/aromatic N) is 2. The van der Waals surface area contributed by atoms with Crippen LogP contribution in [0.25, 0.3) is 10.9 Å². The van der Waals surface area contributed by atoms with Gasteiger partial charge in [0.2, 0.25) is 0 Å². The second-order valence-electron chi connectivity index (χ2n) is 6.25. The lowest BCUT2D eigenvalue weighted by atomic mass is 10.0. The molecule has 5 nitrogen and oxygen atoms in total. The summed E-state index contributed by atoms with van der Waals surface area (Å²) in [5.41, 5.74) is 3.68. The van der Waals surface area contributed by atoms with Crippen LogP contribution in [0, 0.1) is 0 Å². The molecule has 0 radical (unpaired) electrons. The number of aromatic nitrogens is 2. The lowest BCUT2D eigenvalue weighted by Crippen LogP contribution is -2.52. The Morgan fingerprint density at radius 2 is 2.08 bits per heavy atom. The van der Waals surface area contributed by atoms with Crippen molar-refractivity contribution in [3.63, 3.8) is 0 Å². The summed E-state index contributed by atoms with van der Waals surface area (Å²) in [6.07, 6.45) is 2.90. The zero-order chi connectivity index (χ0) is 16.4. The molecule has 0 aliphatic carbocycles. The van der Waals surface area contributed by atoms with Crippen molar-refractivity contribution < 1.29 is 4.74 Å². The Morgan fingerprint density at radius 1 is 1.21 bits per heavy atom. The van der Waals surface area contributed by atoms with Crippen LogP contribution in [0.3, 0.4) is 0 Å². The van der Waals surface area contributed by atoms with E-state index in [0.717, 1.165) is 42.7 Å². The van der Waals surface area contributed by atoms with Gasteiger partial charge in [-0.2, -0.15) is 5.10 Å². The fourth-order valence-electron chi connectivity index (χ4n) is 3.43. The summed E-state index contributed by atoms with van der Waals surface area (Å²) in [7, 11) is 1.70. The first-order chi connectivity index (χ1) is 11.8. The van der Waals surface area contributed by atoms with Crippen LogP contribution in [0.4, 0.5) is 5.69 Å². The third-order valence-electron chi connectivity index (χ3n) is 4.74. The SMILES string of the molecule is COc1ccc(C[C@@H]2CNCCN2c2ccc3[nH]ncc3c2)cc1. The largest absolute Gasteiger partial charge is 0.497 e. The zero-order valence-corrected chi connectivity index (χ0v) is 13.8. The van der Waals surface area contributed by atoms with E-state index < -0.39 is 0 Å². The fraction of sp³-hybridized carbons (Fsp3) is 0.316. The summed E-state index contributed by atoms with van der Waals surface area (Å²) < 4.78 is 5.25. The Morgan fingerprint density at radius 3 is 2.92 bits per heavy atom. The number of methoxy groups -OCH3 is 1. The molecule has 0 saturated carbocycles. The number of H-pyrrole nitrogens is 1. The number of piperazine rings is 1. The first-order valence-corrected chi connectivity index (χ1v) is 8.37. The number of ether oxygens (including phenoxy) is 1. The molecule has 0 bridgehead atoms.